The highest BCUT2D eigenvalue weighted by molar-refractivity contribution is 6.34. The quantitative estimate of drug-likeness (QED) is 0.0609. The molecule has 0 aliphatic carbocycles. The predicted octanol–water partition coefficient (Wildman–Crippen LogP) is 6.28. The second-order valence-electron chi connectivity index (χ2n) is 16.0. The monoisotopic (exact) mass is 886 g/mol. The fourth-order valence-electron chi connectivity index (χ4n) is 7.68. The molecule has 0 radical (unpaired) electrons. The van der Waals surface area contributed by atoms with E-state index in [1.807, 2.05) is 12.1 Å². The number of rotatable bonds is 23. The van der Waals surface area contributed by atoms with Crippen LogP contribution in [0.25, 0.3) is 11.1 Å². The fraction of sp³-hybridized carbons (Fsp3) is 0.500. The number of ketones is 3. The molecular formula is C48H63ClN6O8. The largest absolute Gasteiger partial charge is 0.494 e. The van der Waals surface area contributed by atoms with Gasteiger partial charge in [-0.25, -0.2) is 0 Å². The van der Waals surface area contributed by atoms with Crippen LogP contribution < -0.4 is 36.7 Å². The predicted molar refractivity (Wildman–Crippen MR) is 243 cm³/mol. The molecular weight excluding hydrogens is 824 g/mol. The van der Waals surface area contributed by atoms with E-state index in [4.69, 9.17) is 43.0 Å². The van der Waals surface area contributed by atoms with Gasteiger partial charge in [0.25, 0.3) is 0 Å². The molecule has 0 saturated heterocycles. The number of hydrogen-bond acceptors (Lipinski definition) is 12. The van der Waals surface area contributed by atoms with Gasteiger partial charge in [0, 0.05) is 74.3 Å². The van der Waals surface area contributed by atoms with Crippen molar-refractivity contribution in [3.05, 3.63) is 76.3 Å². The first kappa shape index (κ1) is 50.3. The van der Waals surface area contributed by atoms with Gasteiger partial charge in [-0.05, 0) is 79.4 Å². The lowest BCUT2D eigenvalue weighted by molar-refractivity contribution is -0.142. The Morgan fingerprint density at radius 3 is 2.21 bits per heavy atom. The van der Waals surface area contributed by atoms with Gasteiger partial charge in [0.2, 0.25) is 11.8 Å². The topological polar surface area (TPSA) is 230 Å². The first-order valence-corrected chi connectivity index (χ1v) is 22.3. The fourth-order valence-corrected chi connectivity index (χ4v) is 7.96. The van der Waals surface area contributed by atoms with Gasteiger partial charge in [-0.3, -0.25) is 24.0 Å². The van der Waals surface area contributed by atoms with Gasteiger partial charge in [-0.2, -0.15) is 5.26 Å². The lowest BCUT2D eigenvalue weighted by atomic mass is 9.88. The van der Waals surface area contributed by atoms with E-state index >= 15 is 0 Å². The summed E-state index contributed by atoms with van der Waals surface area (Å²) >= 11 is 6.62. The molecule has 340 valence electrons. The summed E-state index contributed by atoms with van der Waals surface area (Å²) in [6.07, 6.45) is 5.04. The smallest absolute Gasteiger partial charge is 0.226 e. The average Bonchev–Trinajstić information content (AvgIpc) is 3.27. The molecule has 7 N–H and O–H groups in total. The Morgan fingerprint density at radius 1 is 0.873 bits per heavy atom. The van der Waals surface area contributed by atoms with Crippen LogP contribution >= 0.6 is 11.6 Å². The number of nitrogens with two attached hydrogens (primary N) is 3. The Balaban J connectivity index is 1.76. The Kier molecular flexibility index (Phi) is 20.5. The van der Waals surface area contributed by atoms with Gasteiger partial charge in [0.1, 0.15) is 36.5 Å². The van der Waals surface area contributed by atoms with Crippen molar-refractivity contribution < 1.29 is 38.2 Å². The number of fused-ring (bicyclic) bond motifs is 5. The summed E-state index contributed by atoms with van der Waals surface area (Å²) in [6, 6.07) is 15.1. The molecule has 4 bridgehead atoms. The summed E-state index contributed by atoms with van der Waals surface area (Å²) in [5, 5.41) is 12.2. The molecule has 0 saturated carbocycles. The van der Waals surface area contributed by atoms with E-state index < -0.39 is 41.5 Å². The number of nitrogens with one attached hydrogen (secondary N) is 1. The Labute approximate surface area is 376 Å². The number of unbranched alkanes of at least 4 members (excludes halogenated alkanes) is 4. The number of hydrogen-bond donors (Lipinski definition) is 4. The van der Waals surface area contributed by atoms with Crippen LogP contribution in [0.2, 0.25) is 5.02 Å². The Bertz CT molecular complexity index is 2090. The van der Waals surface area contributed by atoms with Crippen LogP contribution in [0.4, 0.5) is 0 Å². The first-order valence-electron chi connectivity index (χ1n) is 21.9. The van der Waals surface area contributed by atoms with Crippen molar-refractivity contribution in [2.75, 3.05) is 46.5 Å². The molecule has 2 amide bonds. The summed E-state index contributed by atoms with van der Waals surface area (Å²) in [5.74, 6) is -2.66. The highest BCUT2D eigenvalue weighted by atomic mass is 35.5. The highest BCUT2D eigenvalue weighted by Gasteiger charge is 2.36. The third kappa shape index (κ3) is 14.3. The molecule has 0 aromatic heterocycles. The van der Waals surface area contributed by atoms with Crippen molar-refractivity contribution in [3.63, 3.8) is 0 Å². The first-order chi connectivity index (χ1) is 30.4. The summed E-state index contributed by atoms with van der Waals surface area (Å²) < 4.78 is 18.1. The Morgan fingerprint density at radius 2 is 1.56 bits per heavy atom. The number of nitrogens with zero attached hydrogens (tertiary/aromatic N) is 2. The summed E-state index contributed by atoms with van der Waals surface area (Å²) in [5.41, 5.74) is 20.1. The third-order valence-corrected chi connectivity index (χ3v) is 11.4. The summed E-state index contributed by atoms with van der Waals surface area (Å²) in [6.45, 7) is 5.13. The number of carbonyl (C=O) groups is 5. The van der Waals surface area contributed by atoms with E-state index in [0.717, 1.165) is 25.7 Å². The van der Waals surface area contributed by atoms with Gasteiger partial charge in [-0.1, -0.05) is 63.3 Å². The molecule has 1 aliphatic heterocycles. The molecule has 4 rings (SSSR count). The lowest BCUT2D eigenvalue weighted by Crippen LogP contribution is -2.46. The third-order valence-electron chi connectivity index (χ3n) is 11.1. The van der Waals surface area contributed by atoms with Gasteiger partial charge >= 0.3 is 0 Å². The minimum Gasteiger partial charge on any atom is -0.494 e. The standard InChI is InChI=1S/C48H63ClN6O8/c1-4-5-6-7-8-22-61-35-13-14-36(39(49)30-35)42(57)29-34(17-19-51)48(60)55(3)46-33-12-16-45(63-24-21-53)38(28-33)37-26-32(11-15-44(37)62-23-20-52)27-40(41(56)10-9-18-50)54-47(59)31(2)25-43(46)58/h11-16,26,28,30-31,34,40,46H,4-10,17,19-25,27,29,51-53H2,1-3H3,(H,54,59)/t31-,34-,40+,46+/m1/s1. The van der Waals surface area contributed by atoms with Crippen molar-refractivity contribution in [1.29, 1.82) is 5.26 Å². The van der Waals surface area contributed by atoms with Crippen molar-refractivity contribution in [1.82, 2.24) is 10.2 Å². The zero-order chi connectivity index (χ0) is 45.9. The number of carbonyl (C=O) groups excluding carboxylic acids is 5. The molecule has 3 aromatic rings. The normalized spacial score (nSPS) is 16.8. The van der Waals surface area contributed by atoms with Crippen LogP contribution in [0.1, 0.15) is 106 Å². The SMILES string of the molecule is CCCCCCCOc1ccc(C(=O)C[C@@H](CCN)C(=O)N(C)[C@@H]2C(=O)C[C@@H](C)C(=O)N[C@H](C(=O)CCC#N)Cc3ccc(OCCN)c(c3)-c3cc2ccc3OCCN)c(Cl)c1. The van der Waals surface area contributed by atoms with Crippen LogP contribution in [-0.2, 0) is 25.6 Å². The van der Waals surface area contributed by atoms with Crippen LogP contribution in [0, 0.1) is 23.2 Å². The number of likely N-dealkylation sites (N-methyl/N-ethyl adjacent to an activating group) is 1. The molecule has 14 nitrogen and oxygen atoms in total. The Hall–Kier alpha value is -5.33. The van der Waals surface area contributed by atoms with Gasteiger partial charge in [0.05, 0.1) is 23.7 Å². The van der Waals surface area contributed by atoms with Crippen molar-refractivity contribution in [2.45, 2.75) is 96.6 Å². The molecule has 4 atom stereocenters. The molecule has 1 aliphatic rings. The molecule has 3 aromatic carbocycles. The van der Waals surface area contributed by atoms with Crippen LogP contribution in [0.3, 0.4) is 0 Å². The number of amides is 2. The van der Waals surface area contributed by atoms with Crippen LogP contribution in [-0.4, -0.2) is 86.6 Å². The molecule has 1 heterocycles. The average molecular weight is 888 g/mol. The van der Waals surface area contributed by atoms with Gasteiger partial charge < -0.3 is 41.6 Å². The van der Waals surface area contributed by atoms with E-state index in [1.54, 1.807) is 55.5 Å². The lowest BCUT2D eigenvalue weighted by Gasteiger charge is -2.32. The zero-order valence-corrected chi connectivity index (χ0v) is 37.6. The van der Waals surface area contributed by atoms with E-state index in [2.05, 4.69) is 12.2 Å². The van der Waals surface area contributed by atoms with Gasteiger partial charge in [0.15, 0.2) is 17.3 Å². The maximum absolute atomic E-state index is 14.6. The van der Waals surface area contributed by atoms with Crippen LogP contribution in [0.5, 0.6) is 17.2 Å². The number of Topliss-reactive ketones (excluding diaryl/α,β-unsaturated/α-hetero) is 3. The van der Waals surface area contributed by atoms with E-state index in [9.17, 15) is 29.2 Å². The van der Waals surface area contributed by atoms with Crippen LogP contribution in [0.15, 0.2) is 54.6 Å². The molecule has 0 fully saturated rings. The second-order valence-corrected chi connectivity index (χ2v) is 16.4. The van der Waals surface area contributed by atoms with Crippen molar-refractivity contribution >= 4 is 40.8 Å². The van der Waals surface area contributed by atoms with Gasteiger partial charge in [-0.15, -0.1) is 0 Å². The highest BCUT2D eigenvalue weighted by Crippen LogP contribution is 2.41. The van der Waals surface area contributed by atoms with E-state index in [0.29, 0.717) is 46.1 Å². The van der Waals surface area contributed by atoms with Crippen molar-refractivity contribution in [2.24, 2.45) is 29.0 Å². The minimum absolute atomic E-state index is 0.0304. The number of halogens is 1. The molecule has 0 unspecified atom stereocenters. The summed E-state index contributed by atoms with van der Waals surface area (Å²) in [4.78, 5) is 71.6. The van der Waals surface area contributed by atoms with E-state index in [-0.39, 0.29) is 93.5 Å². The summed E-state index contributed by atoms with van der Waals surface area (Å²) in [7, 11) is 1.49. The minimum atomic E-state index is -1.24. The zero-order valence-electron chi connectivity index (χ0n) is 36.8. The van der Waals surface area contributed by atoms with Crippen molar-refractivity contribution in [3.8, 4) is 34.4 Å². The molecule has 63 heavy (non-hydrogen) atoms. The molecule has 15 heteroatoms. The van der Waals surface area contributed by atoms with E-state index in [1.165, 1.54) is 18.4 Å². The maximum atomic E-state index is 14.6. The number of ether oxygens (including phenoxy) is 3. The maximum Gasteiger partial charge on any atom is 0.226 e. The number of benzene rings is 3. The number of nitriles is 1. The second kappa shape index (κ2) is 25.7. The molecule has 0 spiro atoms.